The summed E-state index contributed by atoms with van der Waals surface area (Å²) in [5.41, 5.74) is 0.269. The highest BCUT2D eigenvalue weighted by Crippen LogP contribution is 2.09. The Balaban J connectivity index is 4.69. The Labute approximate surface area is 122 Å². The molecule has 0 bridgehead atoms. The van der Waals surface area contributed by atoms with E-state index in [1.165, 1.54) is 0 Å². The summed E-state index contributed by atoms with van der Waals surface area (Å²) >= 11 is 0. The number of hydrogen-bond donors (Lipinski definition) is 2. The van der Waals surface area contributed by atoms with Gasteiger partial charge in [0.05, 0.1) is 0 Å². The van der Waals surface area contributed by atoms with Crippen LogP contribution >= 0.6 is 0 Å². The number of rotatable bonds is 5. The number of alkyl carbamates (subject to hydrolysis) is 1. The van der Waals surface area contributed by atoms with Crippen LogP contribution in [0.4, 0.5) is 4.79 Å². The van der Waals surface area contributed by atoms with Gasteiger partial charge in [0.1, 0.15) is 11.6 Å². The van der Waals surface area contributed by atoms with Gasteiger partial charge in [0.25, 0.3) is 0 Å². The van der Waals surface area contributed by atoms with Crippen molar-refractivity contribution < 1.29 is 14.3 Å². The minimum absolute atomic E-state index is 0.0418. The van der Waals surface area contributed by atoms with Crippen molar-refractivity contribution in [2.75, 3.05) is 0 Å². The SMILES string of the molecule is C=C(C)[C@H](C)NC(=O)C(NC(=O)OC(C)(C)C)C(C)C. The third-order valence-electron chi connectivity index (χ3n) is 2.72. The lowest BCUT2D eigenvalue weighted by Gasteiger charge is -2.26. The molecule has 2 N–H and O–H groups in total. The Kier molecular flexibility index (Phi) is 6.76. The van der Waals surface area contributed by atoms with Crippen LogP contribution in [-0.2, 0) is 9.53 Å². The van der Waals surface area contributed by atoms with Crippen LogP contribution in [0.25, 0.3) is 0 Å². The van der Waals surface area contributed by atoms with Gasteiger partial charge in [-0.1, -0.05) is 26.0 Å². The summed E-state index contributed by atoms with van der Waals surface area (Å²) in [5.74, 6) is -0.277. The third-order valence-corrected chi connectivity index (χ3v) is 2.72. The Morgan fingerprint density at radius 3 is 1.95 bits per heavy atom. The van der Waals surface area contributed by atoms with Gasteiger partial charge >= 0.3 is 6.09 Å². The van der Waals surface area contributed by atoms with Crippen molar-refractivity contribution in [3.8, 4) is 0 Å². The Morgan fingerprint density at radius 2 is 1.60 bits per heavy atom. The van der Waals surface area contributed by atoms with E-state index in [1.54, 1.807) is 20.8 Å². The maximum Gasteiger partial charge on any atom is 0.408 e. The number of carbonyl (C=O) groups is 2. The fourth-order valence-corrected chi connectivity index (χ4v) is 1.40. The maximum atomic E-state index is 12.2. The van der Waals surface area contributed by atoms with Gasteiger partial charge in [-0.25, -0.2) is 4.79 Å². The van der Waals surface area contributed by atoms with E-state index in [2.05, 4.69) is 17.2 Å². The lowest BCUT2D eigenvalue weighted by Crippen LogP contribution is -2.52. The van der Waals surface area contributed by atoms with Crippen molar-refractivity contribution in [1.82, 2.24) is 10.6 Å². The van der Waals surface area contributed by atoms with E-state index in [9.17, 15) is 9.59 Å². The van der Waals surface area contributed by atoms with Crippen LogP contribution in [-0.4, -0.2) is 29.7 Å². The minimum atomic E-state index is -0.633. The van der Waals surface area contributed by atoms with E-state index >= 15 is 0 Å². The molecule has 0 spiro atoms. The molecule has 0 rings (SSSR count). The van der Waals surface area contributed by atoms with E-state index < -0.39 is 17.7 Å². The summed E-state index contributed by atoms with van der Waals surface area (Å²) in [6, 6.07) is -0.768. The topological polar surface area (TPSA) is 67.4 Å². The van der Waals surface area contributed by atoms with Gasteiger partial charge < -0.3 is 15.4 Å². The molecule has 0 heterocycles. The molecule has 0 aromatic carbocycles. The lowest BCUT2D eigenvalue weighted by atomic mass is 10.0. The van der Waals surface area contributed by atoms with Crippen LogP contribution < -0.4 is 10.6 Å². The lowest BCUT2D eigenvalue weighted by molar-refractivity contribution is -0.124. The molecule has 5 nitrogen and oxygen atoms in total. The van der Waals surface area contributed by atoms with Crippen molar-refractivity contribution >= 4 is 12.0 Å². The van der Waals surface area contributed by atoms with Gasteiger partial charge in [-0.3, -0.25) is 4.79 Å². The van der Waals surface area contributed by atoms with Gasteiger partial charge in [-0.05, 0) is 40.5 Å². The van der Waals surface area contributed by atoms with E-state index in [0.29, 0.717) is 0 Å². The molecule has 5 heteroatoms. The first kappa shape index (κ1) is 18.5. The molecule has 0 aliphatic heterocycles. The summed E-state index contributed by atoms with van der Waals surface area (Å²) in [6.07, 6.45) is -0.589. The van der Waals surface area contributed by atoms with Gasteiger partial charge in [0.2, 0.25) is 5.91 Å². The van der Waals surface area contributed by atoms with Crippen LogP contribution in [0.2, 0.25) is 0 Å². The van der Waals surface area contributed by atoms with Crippen molar-refractivity contribution in [2.45, 2.75) is 66.2 Å². The second-order valence-electron chi connectivity index (χ2n) is 6.44. The van der Waals surface area contributed by atoms with E-state index in [4.69, 9.17) is 4.74 Å². The Hall–Kier alpha value is -1.52. The summed E-state index contributed by atoms with van der Waals surface area (Å²) in [4.78, 5) is 23.9. The van der Waals surface area contributed by atoms with E-state index in [0.717, 1.165) is 5.57 Å². The van der Waals surface area contributed by atoms with Crippen molar-refractivity contribution in [1.29, 1.82) is 0 Å². The molecular weight excluding hydrogens is 256 g/mol. The van der Waals surface area contributed by atoms with Crippen LogP contribution in [0.1, 0.15) is 48.5 Å². The molecule has 20 heavy (non-hydrogen) atoms. The molecule has 2 amide bonds. The molecule has 0 aromatic rings. The molecule has 0 radical (unpaired) electrons. The van der Waals surface area contributed by atoms with Crippen molar-refractivity contribution in [3.05, 3.63) is 12.2 Å². The van der Waals surface area contributed by atoms with Crippen molar-refractivity contribution in [3.63, 3.8) is 0 Å². The first-order valence-electron chi connectivity index (χ1n) is 6.89. The van der Waals surface area contributed by atoms with Crippen LogP contribution in [0, 0.1) is 5.92 Å². The third kappa shape index (κ3) is 7.16. The number of hydrogen-bond acceptors (Lipinski definition) is 3. The summed E-state index contributed by atoms with van der Waals surface area (Å²) < 4.78 is 5.17. The second kappa shape index (κ2) is 7.31. The fourth-order valence-electron chi connectivity index (χ4n) is 1.40. The van der Waals surface area contributed by atoms with Crippen LogP contribution in [0.5, 0.6) is 0 Å². The molecule has 116 valence electrons. The average Bonchev–Trinajstić information content (AvgIpc) is 2.22. The van der Waals surface area contributed by atoms with Gasteiger partial charge in [-0.15, -0.1) is 0 Å². The first-order chi connectivity index (χ1) is 8.94. The number of ether oxygens (including phenoxy) is 1. The quantitative estimate of drug-likeness (QED) is 0.763. The average molecular weight is 284 g/mol. The summed E-state index contributed by atoms with van der Waals surface area (Å²) in [6.45, 7) is 16.6. The van der Waals surface area contributed by atoms with Gasteiger partial charge in [0.15, 0.2) is 0 Å². The normalized spacial score (nSPS) is 14.4. The molecule has 0 aliphatic rings. The zero-order valence-electron chi connectivity index (χ0n) is 13.7. The number of nitrogens with one attached hydrogen (secondary N) is 2. The molecule has 0 aromatic heterocycles. The predicted molar refractivity (Wildman–Crippen MR) is 80.4 cm³/mol. The predicted octanol–water partition coefficient (Wildman–Crippen LogP) is 2.62. The Bertz CT molecular complexity index is 370. The maximum absolute atomic E-state index is 12.2. The number of amides is 2. The Morgan fingerprint density at radius 1 is 1.10 bits per heavy atom. The number of carbonyl (C=O) groups excluding carboxylic acids is 2. The molecular formula is C15H28N2O3. The molecule has 1 unspecified atom stereocenters. The molecule has 0 fully saturated rings. The highest BCUT2D eigenvalue weighted by atomic mass is 16.6. The largest absolute Gasteiger partial charge is 0.444 e. The molecule has 0 saturated carbocycles. The fraction of sp³-hybridized carbons (Fsp3) is 0.733. The summed E-state index contributed by atoms with van der Waals surface area (Å²) in [5, 5.41) is 5.43. The highest BCUT2D eigenvalue weighted by Gasteiger charge is 2.27. The zero-order chi connectivity index (χ0) is 16.1. The van der Waals surface area contributed by atoms with Crippen molar-refractivity contribution in [2.24, 2.45) is 5.92 Å². The van der Waals surface area contributed by atoms with Gasteiger partial charge in [0, 0.05) is 6.04 Å². The monoisotopic (exact) mass is 284 g/mol. The molecule has 2 atom stereocenters. The highest BCUT2D eigenvalue weighted by molar-refractivity contribution is 5.86. The smallest absolute Gasteiger partial charge is 0.408 e. The zero-order valence-corrected chi connectivity index (χ0v) is 13.7. The van der Waals surface area contributed by atoms with E-state index in [-0.39, 0.29) is 17.9 Å². The second-order valence-corrected chi connectivity index (χ2v) is 6.44. The van der Waals surface area contributed by atoms with Crippen LogP contribution in [0.15, 0.2) is 12.2 Å². The van der Waals surface area contributed by atoms with E-state index in [1.807, 2.05) is 27.7 Å². The van der Waals surface area contributed by atoms with Crippen LogP contribution in [0.3, 0.4) is 0 Å². The van der Waals surface area contributed by atoms with Gasteiger partial charge in [-0.2, -0.15) is 0 Å². The standard InChI is InChI=1S/C15H28N2O3/c1-9(2)11(5)16-13(18)12(10(3)4)17-14(19)20-15(6,7)8/h10-12H,1H2,2-8H3,(H,16,18)(H,17,19)/t11-,12?/m0/s1. The molecule has 0 aliphatic carbocycles. The molecule has 0 saturated heterocycles. The summed E-state index contributed by atoms with van der Waals surface area (Å²) in [7, 11) is 0. The minimum Gasteiger partial charge on any atom is -0.444 e. The first-order valence-corrected chi connectivity index (χ1v) is 6.89.